The average Bonchev–Trinajstić information content (AvgIpc) is 3.47. The molecule has 2 aromatic carbocycles. The van der Waals surface area contributed by atoms with E-state index in [1.807, 2.05) is 37.3 Å². The molecule has 1 heterocycles. The van der Waals surface area contributed by atoms with E-state index in [-0.39, 0.29) is 29.8 Å². The van der Waals surface area contributed by atoms with E-state index in [0.29, 0.717) is 0 Å². The number of carbonyl (C=O) groups excluding carboxylic acids is 1. The van der Waals surface area contributed by atoms with Gasteiger partial charge in [-0.2, -0.15) is 18.3 Å². The molecule has 1 aliphatic rings. The fourth-order valence-corrected chi connectivity index (χ4v) is 3.43. The van der Waals surface area contributed by atoms with Crippen LogP contribution in [0.3, 0.4) is 0 Å². The Morgan fingerprint density at radius 2 is 1.76 bits per heavy atom. The van der Waals surface area contributed by atoms with Crippen molar-refractivity contribution in [2.24, 2.45) is 0 Å². The summed E-state index contributed by atoms with van der Waals surface area (Å²) < 4.78 is 41.8. The van der Waals surface area contributed by atoms with Gasteiger partial charge >= 0.3 is 6.18 Å². The molecule has 29 heavy (non-hydrogen) atoms. The summed E-state index contributed by atoms with van der Waals surface area (Å²) in [7, 11) is 0. The lowest BCUT2D eigenvalue weighted by molar-refractivity contribution is -0.138. The topological polar surface area (TPSA) is 38.1 Å². The second kappa shape index (κ2) is 7.39. The van der Waals surface area contributed by atoms with Gasteiger partial charge in [0.2, 0.25) is 0 Å². The Morgan fingerprint density at radius 3 is 2.41 bits per heavy atom. The van der Waals surface area contributed by atoms with Gasteiger partial charge < -0.3 is 4.90 Å². The molecule has 1 aliphatic carbocycles. The molecule has 0 aliphatic heterocycles. The Hall–Kier alpha value is -3.09. The van der Waals surface area contributed by atoms with Crippen LogP contribution in [0.1, 0.15) is 40.2 Å². The van der Waals surface area contributed by atoms with Crippen LogP contribution in [0.15, 0.2) is 60.7 Å². The van der Waals surface area contributed by atoms with Crippen LogP contribution in [0, 0.1) is 6.92 Å². The van der Waals surface area contributed by atoms with Crippen molar-refractivity contribution in [1.82, 2.24) is 14.7 Å². The van der Waals surface area contributed by atoms with E-state index >= 15 is 0 Å². The summed E-state index contributed by atoms with van der Waals surface area (Å²) in [4.78, 5) is 14.7. The quantitative estimate of drug-likeness (QED) is 0.605. The lowest BCUT2D eigenvalue weighted by Gasteiger charge is -2.23. The predicted octanol–water partition coefficient (Wildman–Crippen LogP) is 5.00. The van der Waals surface area contributed by atoms with Crippen molar-refractivity contribution in [3.8, 4) is 5.69 Å². The van der Waals surface area contributed by atoms with Crippen LogP contribution < -0.4 is 0 Å². The smallest absolute Gasteiger partial charge is 0.330 e. The Balaban J connectivity index is 1.64. The largest absolute Gasteiger partial charge is 0.416 e. The third-order valence-electron chi connectivity index (χ3n) is 5.02. The van der Waals surface area contributed by atoms with E-state index in [2.05, 4.69) is 5.10 Å². The minimum Gasteiger partial charge on any atom is -0.330 e. The normalized spacial score (nSPS) is 14.1. The first-order valence-corrected chi connectivity index (χ1v) is 9.43. The number of carbonyl (C=O) groups is 1. The molecule has 1 fully saturated rings. The molecule has 150 valence electrons. The first-order chi connectivity index (χ1) is 13.8. The summed E-state index contributed by atoms with van der Waals surface area (Å²) in [6.45, 7) is 1.76. The zero-order valence-electron chi connectivity index (χ0n) is 15.9. The molecule has 0 bridgehead atoms. The lowest BCUT2D eigenvalue weighted by atomic mass is 10.1. The highest BCUT2D eigenvalue weighted by Crippen LogP contribution is 2.35. The van der Waals surface area contributed by atoms with Crippen molar-refractivity contribution >= 4 is 5.91 Å². The number of benzene rings is 2. The van der Waals surface area contributed by atoms with Crippen LogP contribution in [0.25, 0.3) is 5.69 Å². The van der Waals surface area contributed by atoms with Crippen LogP contribution in [0.5, 0.6) is 0 Å². The number of hydrogen-bond acceptors (Lipinski definition) is 2. The molecule has 1 amide bonds. The van der Waals surface area contributed by atoms with Gasteiger partial charge in [-0.15, -0.1) is 0 Å². The molecule has 4 rings (SSSR count). The number of para-hydroxylation sites is 1. The highest BCUT2D eigenvalue weighted by Gasteiger charge is 2.38. The first kappa shape index (κ1) is 19.2. The second-order valence-corrected chi connectivity index (χ2v) is 7.24. The molecule has 1 aromatic heterocycles. The molecule has 0 unspecified atom stereocenters. The molecule has 3 aromatic rings. The number of hydrogen-bond donors (Lipinski definition) is 0. The van der Waals surface area contributed by atoms with Gasteiger partial charge in [0.25, 0.3) is 5.91 Å². The molecule has 0 radical (unpaired) electrons. The van der Waals surface area contributed by atoms with Gasteiger partial charge in [0.05, 0.1) is 11.3 Å². The van der Waals surface area contributed by atoms with Gasteiger partial charge in [-0.25, -0.2) is 4.68 Å². The van der Waals surface area contributed by atoms with Crippen LogP contribution in [0.4, 0.5) is 13.2 Å². The summed E-state index contributed by atoms with van der Waals surface area (Å²) in [6.07, 6.45) is -2.88. The van der Waals surface area contributed by atoms with Crippen molar-refractivity contribution in [3.05, 3.63) is 83.2 Å². The second-order valence-electron chi connectivity index (χ2n) is 7.24. The van der Waals surface area contributed by atoms with Gasteiger partial charge in [-0.3, -0.25) is 4.79 Å². The fraction of sp³-hybridized carbons (Fsp3) is 0.273. The molecule has 0 saturated heterocycles. The zero-order chi connectivity index (χ0) is 20.6. The maximum absolute atomic E-state index is 13.4. The summed E-state index contributed by atoms with van der Waals surface area (Å²) in [5, 5.41) is 4.43. The van der Waals surface area contributed by atoms with E-state index in [1.165, 1.54) is 17.0 Å². The van der Waals surface area contributed by atoms with Crippen molar-refractivity contribution in [2.45, 2.75) is 38.5 Å². The highest BCUT2D eigenvalue weighted by molar-refractivity contribution is 5.93. The van der Waals surface area contributed by atoms with Crippen LogP contribution in [0.2, 0.25) is 0 Å². The van der Waals surface area contributed by atoms with E-state index in [1.54, 1.807) is 16.8 Å². The minimum absolute atomic E-state index is 0.0500. The number of rotatable bonds is 5. The van der Waals surface area contributed by atoms with E-state index in [9.17, 15) is 18.0 Å². The van der Waals surface area contributed by atoms with Gasteiger partial charge in [0, 0.05) is 18.3 Å². The number of aryl methyl sites for hydroxylation is 1. The number of amides is 1. The number of aromatic nitrogens is 2. The Kier molecular flexibility index (Phi) is 4.90. The standard InChI is InChI=1S/C22H20F3N3O/c1-15-13-20(26-28(15)18-8-3-2-4-9-18)21(29)27(17-11-12-17)14-16-7-5-6-10-19(16)22(23,24)25/h2-10,13,17H,11-12,14H2,1H3. The van der Waals surface area contributed by atoms with Gasteiger partial charge in [0.1, 0.15) is 0 Å². The number of alkyl halides is 3. The van der Waals surface area contributed by atoms with Gasteiger partial charge in [0.15, 0.2) is 5.69 Å². The summed E-state index contributed by atoms with van der Waals surface area (Å²) in [5.74, 6) is -0.345. The molecule has 1 saturated carbocycles. The van der Waals surface area contributed by atoms with Gasteiger partial charge in [-0.1, -0.05) is 36.4 Å². The lowest BCUT2D eigenvalue weighted by Crippen LogP contribution is -2.33. The summed E-state index contributed by atoms with van der Waals surface area (Å²) in [5.41, 5.74) is 1.24. The Morgan fingerprint density at radius 1 is 1.10 bits per heavy atom. The third-order valence-corrected chi connectivity index (χ3v) is 5.02. The molecule has 4 nitrogen and oxygen atoms in total. The molecule has 0 atom stereocenters. The van der Waals surface area contributed by atoms with Crippen molar-refractivity contribution < 1.29 is 18.0 Å². The van der Waals surface area contributed by atoms with Crippen LogP contribution >= 0.6 is 0 Å². The van der Waals surface area contributed by atoms with E-state index in [4.69, 9.17) is 0 Å². The maximum Gasteiger partial charge on any atom is 0.416 e. The van der Waals surface area contributed by atoms with Gasteiger partial charge in [-0.05, 0) is 49.6 Å². The minimum atomic E-state index is -4.46. The van der Waals surface area contributed by atoms with E-state index < -0.39 is 11.7 Å². The monoisotopic (exact) mass is 399 g/mol. The van der Waals surface area contributed by atoms with Crippen LogP contribution in [-0.2, 0) is 12.7 Å². The fourth-order valence-electron chi connectivity index (χ4n) is 3.43. The zero-order valence-corrected chi connectivity index (χ0v) is 15.9. The number of halogens is 3. The Labute approximate surface area is 166 Å². The highest BCUT2D eigenvalue weighted by atomic mass is 19.4. The van der Waals surface area contributed by atoms with Crippen molar-refractivity contribution in [2.75, 3.05) is 0 Å². The molecular formula is C22H20F3N3O. The molecule has 7 heteroatoms. The Bertz CT molecular complexity index is 1020. The molecule has 0 spiro atoms. The van der Waals surface area contributed by atoms with Crippen LogP contribution in [-0.4, -0.2) is 26.6 Å². The average molecular weight is 399 g/mol. The predicted molar refractivity (Wildman–Crippen MR) is 103 cm³/mol. The van der Waals surface area contributed by atoms with Crippen molar-refractivity contribution in [1.29, 1.82) is 0 Å². The van der Waals surface area contributed by atoms with Crippen molar-refractivity contribution in [3.63, 3.8) is 0 Å². The molecular weight excluding hydrogens is 379 g/mol. The van der Waals surface area contributed by atoms with E-state index in [0.717, 1.165) is 30.3 Å². The first-order valence-electron chi connectivity index (χ1n) is 9.43. The number of nitrogens with zero attached hydrogens (tertiary/aromatic N) is 3. The SMILES string of the molecule is Cc1cc(C(=O)N(Cc2ccccc2C(F)(F)F)C2CC2)nn1-c1ccccc1. The summed E-state index contributed by atoms with van der Waals surface area (Å²) in [6, 6.07) is 16.4. The molecule has 0 N–H and O–H groups in total. The maximum atomic E-state index is 13.4. The summed E-state index contributed by atoms with van der Waals surface area (Å²) >= 11 is 0. The third kappa shape index (κ3) is 4.04.